The Hall–Kier alpha value is -2.00. The lowest BCUT2D eigenvalue weighted by Gasteiger charge is -2.04. The largest absolute Gasteiger partial charge is 0.260 e. The minimum absolute atomic E-state index is 0.883. The average Bonchev–Trinajstić information content (AvgIpc) is 2.49. The Bertz CT molecular complexity index is 679. The van der Waals surface area contributed by atoms with Crippen LogP contribution < -0.4 is 0 Å². The predicted octanol–water partition coefficient (Wildman–Crippen LogP) is 4.57. The Balaban J connectivity index is 2.03. The Morgan fingerprint density at radius 3 is 1.89 bits per heavy atom. The second-order valence-electron chi connectivity index (χ2n) is 4.16. The van der Waals surface area contributed by atoms with Crippen molar-refractivity contribution in [2.45, 2.75) is 0 Å². The van der Waals surface area contributed by atoms with E-state index in [0.717, 1.165) is 27.0 Å². The maximum Gasteiger partial charge on any atom is 0.0892 e. The summed E-state index contributed by atoms with van der Waals surface area (Å²) >= 11 is 3.43. The van der Waals surface area contributed by atoms with Crippen molar-refractivity contribution in [1.82, 2.24) is 9.97 Å². The van der Waals surface area contributed by atoms with Crippen LogP contribution in [0.1, 0.15) is 0 Å². The van der Waals surface area contributed by atoms with Crippen LogP contribution in [0.15, 0.2) is 71.5 Å². The van der Waals surface area contributed by atoms with Gasteiger partial charge in [0.25, 0.3) is 0 Å². The molecule has 1 heterocycles. The van der Waals surface area contributed by atoms with Crippen LogP contribution in [0, 0.1) is 0 Å². The molecular formula is C16H11BrN2. The van der Waals surface area contributed by atoms with Crippen LogP contribution >= 0.6 is 15.9 Å². The molecule has 0 N–H and O–H groups in total. The standard InChI is InChI=1S/C16H11BrN2/c17-14-8-6-13(7-9-14)16-11-18-10-15(19-16)12-4-2-1-3-5-12/h1-11H. The van der Waals surface area contributed by atoms with Gasteiger partial charge in [0.15, 0.2) is 0 Å². The van der Waals surface area contributed by atoms with Crippen molar-refractivity contribution in [1.29, 1.82) is 0 Å². The van der Waals surface area contributed by atoms with Crippen molar-refractivity contribution in [3.63, 3.8) is 0 Å². The number of nitrogens with zero attached hydrogens (tertiary/aromatic N) is 2. The number of hydrogen-bond donors (Lipinski definition) is 0. The third kappa shape index (κ3) is 2.71. The number of halogens is 1. The monoisotopic (exact) mass is 310 g/mol. The Kier molecular flexibility index (Phi) is 3.38. The minimum atomic E-state index is 0.883. The zero-order valence-corrected chi connectivity index (χ0v) is 11.7. The van der Waals surface area contributed by atoms with E-state index in [4.69, 9.17) is 0 Å². The molecule has 19 heavy (non-hydrogen) atoms. The molecule has 3 heteroatoms. The first-order valence-electron chi connectivity index (χ1n) is 5.96. The highest BCUT2D eigenvalue weighted by molar-refractivity contribution is 9.10. The number of aromatic nitrogens is 2. The second-order valence-corrected chi connectivity index (χ2v) is 5.08. The van der Waals surface area contributed by atoms with Gasteiger partial charge in [-0.05, 0) is 12.1 Å². The smallest absolute Gasteiger partial charge is 0.0892 e. The minimum Gasteiger partial charge on any atom is -0.260 e. The van der Waals surface area contributed by atoms with Gasteiger partial charge in [0.2, 0.25) is 0 Å². The first-order valence-corrected chi connectivity index (χ1v) is 6.75. The van der Waals surface area contributed by atoms with Crippen LogP contribution in [0.4, 0.5) is 0 Å². The first kappa shape index (κ1) is 12.1. The maximum atomic E-state index is 4.67. The summed E-state index contributed by atoms with van der Waals surface area (Å²) in [6.45, 7) is 0. The molecule has 0 aliphatic rings. The molecular weight excluding hydrogens is 300 g/mol. The first-order chi connectivity index (χ1) is 9.33. The topological polar surface area (TPSA) is 25.8 Å². The fraction of sp³-hybridized carbons (Fsp3) is 0. The van der Waals surface area contributed by atoms with Gasteiger partial charge in [0.05, 0.1) is 23.8 Å². The molecule has 0 saturated carbocycles. The van der Waals surface area contributed by atoms with Gasteiger partial charge in [-0.15, -0.1) is 0 Å². The van der Waals surface area contributed by atoms with Crippen molar-refractivity contribution >= 4 is 15.9 Å². The van der Waals surface area contributed by atoms with E-state index in [1.165, 1.54) is 0 Å². The Morgan fingerprint density at radius 2 is 1.26 bits per heavy atom. The molecule has 0 amide bonds. The summed E-state index contributed by atoms with van der Waals surface area (Å²) in [6.07, 6.45) is 3.58. The SMILES string of the molecule is Brc1ccc(-c2cncc(-c3ccccc3)n2)cc1. The molecule has 0 radical (unpaired) electrons. The van der Waals surface area contributed by atoms with Crippen molar-refractivity contribution in [3.8, 4) is 22.5 Å². The van der Waals surface area contributed by atoms with Crippen LogP contribution in [0.3, 0.4) is 0 Å². The molecule has 0 fully saturated rings. The zero-order chi connectivity index (χ0) is 13.1. The highest BCUT2D eigenvalue weighted by Gasteiger charge is 2.03. The van der Waals surface area contributed by atoms with E-state index in [-0.39, 0.29) is 0 Å². The fourth-order valence-corrected chi connectivity index (χ4v) is 2.14. The molecule has 2 aromatic carbocycles. The number of rotatable bonds is 2. The van der Waals surface area contributed by atoms with Gasteiger partial charge in [-0.3, -0.25) is 4.98 Å². The molecule has 3 aromatic rings. The lowest BCUT2D eigenvalue weighted by atomic mass is 10.1. The number of benzene rings is 2. The van der Waals surface area contributed by atoms with Gasteiger partial charge in [-0.2, -0.15) is 0 Å². The second kappa shape index (κ2) is 5.33. The molecule has 2 nitrogen and oxygen atoms in total. The van der Waals surface area contributed by atoms with Gasteiger partial charge in [-0.25, -0.2) is 4.98 Å². The molecule has 3 rings (SSSR count). The fourth-order valence-electron chi connectivity index (χ4n) is 1.87. The Morgan fingerprint density at radius 1 is 0.684 bits per heavy atom. The molecule has 0 atom stereocenters. The van der Waals surface area contributed by atoms with Gasteiger partial charge in [0.1, 0.15) is 0 Å². The zero-order valence-electron chi connectivity index (χ0n) is 10.1. The summed E-state index contributed by atoms with van der Waals surface area (Å²) in [5.41, 5.74) is 3.91. The molecule has 92 valence electrons. The lowest BCUT2D eigenvalue weighted by Crippen LogP contribution is -1.89. The molecule has 0 saturated heterocycles. The highest BCUT2D eigenvalue weighted by atomic mass is 79.9. The van der Waals surface area contributed by atoms with E-state index in [1.54, 1.807) is 12.4 Å². The Labute approximate surface area is 120 Å². The molecule has 0 aliphatic heterocycles. The summed E-state index contributed by atoms with van der Waals surface area (Å²) in [4.78, 5) is 8.95. The third-order valence-electron chi connectivity index (χ3n) is 2.84. The van der Waals surface area contributed by atoms with Crippen LogP contribution in [0.2, 0.25) is 0 Å². The van der Waals surface area contributed by atoms with Crippen molar-refractivity contribution in [2.75, 3.05) is 0 Å². The van der Waals surface area contributed by atoms with Gasteiger partial charge in [-0.1, -0.05) is 58.4 Å². The molecule has 0 bridgehead atoms. The summed E-state index contributed by atoms with van der Waals surface area (Å²) < 4.78 is 1.06. The van der Waals surface area contributed by atoms with E-state index in [0.29, 0.717) is 0 Å². The van der Waals surface area contributed by atoms with Crippen molar-refractivity contribution in [3.05, 3.63) is 71.5 Å². The molecule has 0 spiro atoms. The van der Waals surface area contributed by atoms with E-state index in [1.807, 2.05) is 54.6 Å². The molecule has 1 aromatic heterocycles. The van der Waals surface area contributed by atoms with Crippen LogP contribution in [0.25, 0.3) is 22.5 Å². The summed E-state index contributed by atoms with van der Waals surface area (Å²) in [5.74, 6) is 0. The van der Waals surface area contributed by atoms with E-state index in [9.17, 15) is 0 Å². The highest BCUT2D eigenvalue weighted by Crippen LogP contribution is 2.22. The maximum absolute atomic E-state index is 4.67. The normalized spacial score (nSPS) is 10.4. The van der Waals surface area contributed by atoms with Crippen molar-refractivity contribution < 1.29 is 0 Å². The van der Waals surface area contributed by atoms with Crippen LogP contribution in [0.5, 0.6) is 0 Å². The van der Waals surface area contributed by atoms with Gasteiger partial charge >= 0.3 is 0 Å². The summed E-state index contributed by atoms with van der Waals surface area (Å²) in [7, 11) is 0. The average molecular weight is 311 g/mol. The molecule has 0 aliphatic carbocycles. The third-order valence-corrected chi connectivity index (χ3v) is 3.37. The number of hydrogen-bond acceptors (Lipinski definition) is 2. The predicted molar refractivity (Wildman–Crippen MR) is 80.6 cm³/mol. The summed E-state index contributed by atoms with van der Waals surface area (Å²) in [6, 6.07) is 18.1. The van der Waals surface area contributed by atoms with Crippen LogP contribution in [-0.4, -0.2) is 9.97 Å². The van der Waals surface area contributed by atoms with Crippen LogP contribution in [-0.2, 0) is 0 Å². The molecule has 0 unspecified atom stereocenters. The van der Waals surface area contributed by atoms with E-state index >= 15 is 0 Å². The van der Waals surface area contributed by atoms with E-state index < -0.39 is 0 Å². The quantitative estimate of drug-likeness (QED) is 0.692. The van der Waals surface area contributed by atoms with E-state index in [2.05, 4.69) is 25.9 Å². The van der Waals surface area contributed by atoms with Crippen molar-refractivity contribution in [2.24, 2.45) is 0 Å². The lowest BCUT2D eigenvalue weighted by molar-refractivity contribution is 1.21. The summed E-state index contributed by atoms with van der Waals surface area (Å²) in [5, 5.41) is 0. The van der Waals surface area contributed by atoms with Gasteiger partial charge < -0.3 is 0 Å². The van der Waals surface area contributed by atoms with Gasteiger partial charge in [0, 0.05) is 15.6 Å².